The number of amides is 1. The molecule has 1 amide bonds. The third-order valence-corrected chi connectivity index (χ3v) is 3.70. The lowest BCUT2D eigenvalue weighted by molar-refractivity contribution is -0.115. The number of carbonyl (C=O) groups excluding carboxylic acids is 1. The Bertz CT molecular complexity index is 873. The second kappa shape index (κ2) is 6.30. The number of H-pyrrole nitrogens is 1. The number of imidazole rings is 1. The molecule has 0 spiro atoms. The SMILES string of the molecule is COc1ccc(Cl)cc1NC(=O)Cc1ccc2nc(C)[nH]c2c1. The molecule has 23 heavy (non-hydrogen) atoms. The van der Waals surface area contributed by atoms with Crippen LogP contribution in [0.4, 0.5) is 5.69 Å². The van der Waals surface area contributed by atoms with Crippen LogP contribution >= 0.6 is 11.6 Å². The van der Waals surface area contributed by atoms with E-state index in [1.807, 2.05) is 25.1 Å². The van der Waals surface area contributed by atoms with Crippen molar-refractivity contribution in [1.29, 1.82) is 0 Å². The summed E-state index contributed by atoms with van der Waals surface area (Å²) in [5, 5.41) is 3.37. The lowest BCUT2D eigenvalue weighted by Crippen LogP contribution is -2.15. The van der Waals surface area contributed by atoms with E-state index in [1.54, 1.807) is 25.3 Å². The number of aromatic nitrogens is 2. The predicted octanol–water partition coefficient (Wildman–Crippen LogP) is 3.71. The first-order chi connectivity index (χ1) is 11.0. The Hall–Kier alpha value is -2.53. The van der Waals surface area contributed by atoms with Gasteiger partial charge in [0.25, 0.3) is 0 Å². The van der Waals surface area contributed by atoms with Gasteiger partial charge in [-0.25, -0.2) is 4.98 Å². The van der Waals surface area contributed by atoms with Crippen molar-refractivity contribution in [2.45, 2.75) is 13.3 Å². The van der Waals surface area contributed by atoms with Gasteiger partial charge in [0.15, 0.2) is 0 Å². The van der Waals surface area contributed by atoms with E-state index in [-0.39, 0.29) is 12.3 Å². The number of rotatable bonds is 4. The monoisotopic (exact) mass is 329 g/mol. The number of aromatic amines is 1. The first kappa shape index (κ1) is 15.4. The molecular weight excluding hydrogens is 314 g/mol. The van der Waals surface area contributed by atoms with Crippen molar-refractivity contribution in [3.8, 4) is 5.75 Å². The van der Waals surface area contributed by atoms with E-state index in [2.05, 4.69) is 15.3 Å². The summed E-state index contributed by atoms with van der Waals surface area (Å²) in [7, 11) is 1.55. The predicted molar refractivity (Wildman–Crippen MR) is 91.2 cm³/mol. The summed E-state index contributed by atoms with van der Waals surface area (Å²) in [5.74, 6) is 1.29. The van der Waals surface area contributed by atoms with Gasteiger partial charge in [-0.1, -0.05) is 17.7 Å². The fraction of sp³-hybridized carbons (Fsp3) is 0.176. The zero-order chi connectivity index (χ0) is 16.4. The smallest absolute Gasteiger partial charge is 0.228 e. The number of hydrogen-bond acceptors (Lipinski definition) is 3. The number of fused-ring (bicyclic) bond motifs is 1. The maximum Gasteiger partial charge on any atom is 0.228 e. The van der Waals surface area contributed by atoms with Crippen LogP contribution in [0.2, 0.25) is 5.02 Å². The molecule has 0 atom stereocenters. The molecule has 0 radical (unpaired) electrons. The van der Waals surface area contributed by atoms with Crippen LogP contribution in [0.1, 0.15) is 11.4 Å². The lowest BCUT2D eigenvalue weighted by Gasteiger charge is -2.10. The second-order valence-electron chi connectivity index (χ2n) is 5.24. The standard InChI is InChI=1S/C17H16ClN3O2/c1-10-19-13-5-3-11(7-14(13)20-10)8-17(22)21-15-9-12(18)4-6-16(15)23-2/h3-7,9H,8H2,1-2H3,(H,19,20)(H,21,22). The second-order valence-corrected chi connectivity index (χ2v) is 5.68. The third kappa shape index (κ3) is 3.46. The molecule has 0 aliphatic rings. The number of benzene rings is 2. The van der Waals surface area contributed by atoms with Crippen molar-refractivity contribution in [3.63, 3.8) is 0 Å². The van der Waals surface area contributed by atoms with Gasteiger partial charge in [0.1, 0.15) is 11.6 Å². The Labute approximate surface area is 138 Å². The molecule has 0 aliphatic carbocycles. The molecule has 0 aliphatic heterocycles. The van der Waals surface area contributed by atoms with Gasteiger partial charge in [0.05, 0.1) is 30.3 Å². The summed E-state index contributed by atoms with van der Waals surface area (Å²) in [4.78, 5) is 19.8. The zero-order valence-electron chi connectivity index (χ0n) is 12.8. The molecule has 0 saturated heterocycles. The summed E-state index contributed by atoms with van der Waals surface area (Å²) in [6, 6.07) is 10.8. The Kier molecular flexibility index (Phi) is 4.21. The molecule has 2 N–H and O–H groups in total. The number of hydrogen-bond donors (Lipinski definition) is 2. The molecule has 3 rings (SSSR count). The number of halogens is 1. The highest BCUT2D eigenvalue weighted by Gasteiger charge is 2.10. The van der Waals surface area contributed by atoms with Crippen LogP contribution in [0.15, 0.2) is 36.4 Å². The zero-order valence-corrected chi connectivity index (χ0v) is 13.6. The number of ether oxygens (including phenoxy) is 1. The van der Waals surface area contributed by atoms with Gasteiger partial charge in [-0.2, -0.15) is 0 Å². The number of anilines is 1. The van der Waals surface area contributed by atoms with E-state index in [4.69, 9.17) is 16.3 Å². The summed E-state index contributed by atoms with van der Waals surface area (Å²) < 4.78 is 5.23. The van der Waals surface area contributed by atoms with E-state index in [1.165, 1.54) is 0 Å². The highest BCUT2D eigenvalue weighted by molar-refractivity contribution is 6.31. The van der Waals surface area contributed by atoms with Crippen molar-refractivity contribution in [2.24, 2.45) is 0 Å². The molecule has 3 aromatic rings. The van der Waals surface area contributed by atoms with Gasteiger partial charge in [0, 0.05) is 5.02 Å². The van der Waals surface area contributed by atoms with Crippen LogP contribution in [-0.2, 0) is 11.2 Å². The van der Waals surface area contributed by atoms with E-state index < -0.39 is 0 Å². The van der Waals surface area contributed by atoms with Crippen molar-refractivity contribution < 1.29 is 9.53 Å². The quantitative estimate of drug-likeness (QED) is 0.766. The fourth-order valence-electron chi connectivity index (χ4n) is 2.45. The first-order valence-electron chi connectivity index (χ1n) is 7.14. The summed E-state index contributed by atoms with van der Waals surface area (Å²) in [6.45, 7) is 1.90. The molecule has 2 aromatic carbocycles. The van der Waals surface area contributed by atoms with E-state index >= 15 is 0 Å². The number of methoxy groups -OCH3 is 1. The number of nitrogens with one attached hydrogen (secondary N) is 2. The minimum absolute atomic E-state index is 0.138. The Morgan fingerprint density at radius 3 is 2.91 bits per heavy atom. The number of carbonyl (C=O) groups is 1. The maximum atomic E-state index is 12.3. The van der Waals surface area contributed by atoms with Crippen molar-refractivity contribution >= 4 is 34.2 Å². The molecule has 0 saturated carbocycles. The van der Waals surface area contributed by atoms with Gasteiger partial charge in [-0.05, 0) is 42.8 Å². The highest BCUT2D eigenvalue weighted by atomic mass is 35.5. The number of aryl methyl sites for hydroxylation is 1. The van der Waals surface area contributed by atoms with Crippen molar-refractivity contribution in [2.75, 3.05) is 12.4 Å². The van der Waals surface area contributed by atoms with Crippen LogP contribution < -0.4 is 10.1 Å². The normalized spacial score (nSPS) is 10.7. The van der Waals surface area contributed by atoms with Gasteiger partial charge in [0.2, 0.25) is 5.91 Å². The van der Waals surface area contributed by atoms with Gasteiger partial charge in [-0.3, -0.25) is 4.79 Å². The van der Waals surface area contributed by atoms with Crippen LogP contribution in [0.25, 0.3) is 11.0 Å². The van der Waals surface area contributed by atoms with E-state index in [9.17, 15) is 4.79 Å². The average molecular weight is 330 g/mol. The molecule has 1 aromatic heterocycles. The molecule has 118 valence electrons. The molecule has 1 heterocycles. The molecule has 0 fully saturated rings. The van der Waals surface area contributed by atoms with Crippen LogP contribution in [0.5, 0.6) is 5.75 Å². The van der Waals surface area contributed by atoms with Crippen molar-refractivity contribution in [1.82, 2.24) is 9.97 Å². The molecule has 6 heteroatoms. The molecule has 0 bridgehead atoms. The van der Waals surface area contributed by atoms with E-state index in [0.29, 0.717) is 16.5 Å². The van der Waals surface area contributed by atoms with Gasteiger partial charge in [-0.15, -0.1) is 0 Å². The first-order valence-corrected chi connectivity index (χ1v) is 7.51. The largest absolute Gasteiger partial charge is 0.495 e. The van der Waals surface area contributed by atoms with E-state index in [0.717, 1.165) is 22.4 Å². The van der Waals surface area contributed by atoms with Gasteiger partial charge < -0.3 is 15.0 Å². The Balaban J connectivity index is 1.76. The molecule has 5 nitrogen and oxygen atoms in total. The maximum absolute atomic E-state index is 12.3. The Morgan fingerprint density at radius 2 is 2.13 bits per heavy atom. The minimum atomic E-state index is -0.138. The number of nitrogens with zero attached hydrogens (tertiary/aromatic N) is 1. The van der Waals surface area contributed by atoms with Crippen LogP contribution in [-0.4, -0.2) is 23.0 Å². The summed E-state index contributed by atoms with van der Waals surface area (Å²) >= 11 is 5.97. The summed E-state index contributed by atoms with van der Waals surface area (Å²) in [6.07, 6.45) is 0.254. The van der Waals surface area contributed by atoms with Crippen LogP contribution in [0, 0.1) is 6.92 Å². The van der Waals surface area contributed by atoms with Gasteiger partial charge >= 0.3 is 0 Å². The average Bonchev–Trinajstić information content (AvgIpc) is 2.86. The fourth-order valence-corrected chi connectivity index (χ4v) is 2.62. The Morgan fingerprint density at radius 1 is 1.30 bits per heavy atom. The molecular formula is C17H16ClN3O2. The third-order valence-electron chi connectivity index (χ3n) is 3.46. The topological polar surface area (TPSA) is 67.0 Å². The van der Waals surface area contributed by atoms with Crippen LogP contribution in [0.3, 0.4) is 0 Å². The van der Waals surface area contributed by atoms with Crippen molar-refractivity contribution in [3.05, 3.63) is 52.8 Å². The summed E-state index contributed by atoms with van der Waals surface area (Å²) in [5.41, 5.74) is 3.28. The minimum Gasteiger partial charge on any atom is -0.495 e. The lowest BCUT2D eigenvalue weighted by atomic mass is 10.1. The molecule has 0 unspecified atom stereocenters. The highest BCUT2D eigenvalue weighted by Crippen LogP contribution is 2.27.